The normalized spacial score (nSPS) is 13.2. The summed E-state index contributed by atoms with van der Waals surface area (Å²) >= 11 is 0. The van der Waals surface area contributed by atoms with Crippen molar-refractivity contribution < 1.29 is 4.74 Å². The number of pyridine rings is 2. The van der Waals surface area contributed by atoms with E-state index in [0.29, 0.717) is 12.4 Å². The SMILES string of the molecule is COc1cc(C2=CNN(Cc3c(-c4ccc(C)nc4)nnn3C)C=C2)ccn1. The maximum Gasteiger partial charge on any atom is 0.213 e. The van der Waals surface area contributed by atoms with Crippen LogP contribution in [0.2, 0.25) is 0 Å². The molecule has 1 N–H and O–H groups in total. The van der Waals surface area contributed by atoms with E-state index in [4.69, 9.17) is 4.74 Å². The zero-order chi connectivity index (χ0) is 19.5. The molecule has 0 amide bonds. The minimum atomic E-state index is 0.589. The number of methoxy groups -OCH3 is 1. The highest BCUT2D eigenvalue weighted by Crippen LogP contribution is 2.24. The third-order valence-corrected chi connectivity index (χ3v) is 4.55. The number of hydrazine groups is 1. The molecule has 0 aromatic carbocycles. The first-order valence-corrected chi connectivity index (χ1v) is 8.87. The quantitative estimate of drug-likeness (QED) is 0.734. The van der Waals surface area contributed by atoms with Crippen LogP contribution in [-0.2, 0) is 13.6 Å². The van der Waals surface area contributed by atoms with Gasteiger partial charge in [0.15, 0.2) is 0 Å². The molecule has 0 radical (unpaired) electrons. The lowest BCUT2D eigenvalue weighted by molar-refractivity contribution is 0.297. The Morgan fingerprint density at radius 1 is 1.14 bits per heavy atom. The summed E-state index contributed by atoms with van der Waals surface area (Å²) in [6.45, 7) is 2.57. The molecule has 0 unspecified atom stereocenters. The fraction of sp³-hybridized carbons (Fsp3) is 0.200. The number of nitrogens with one attached hydrogen (secondary N) is 1. The van der Waals surface area contributed by atoms with Crippen molar-refractivity contribution in [3.63, 3.8) is 0 Å². The van der Waals surface area contributed by atoms with Crippen LogP contribution in [0.1, 0.15) is 17.0 Å². The maximum atomic E-state index is 5.20. The van der Waals surface area contributed by atoms with Crippen LogP contribution in [0.4, 0.5) is 0 Å². The second-order valence-electron chi connectivity index (χ2n) is 6.46. The first-order chi connectivity index (χ1) is 13.6. The summed E-state index contributed by atoms with van der Waals surface area (Å²) in [6.07, 6.45) is 9.55. The molecule has 0 aliphatic carbocycles. The Morgan fingerprint density at radius 2 is 2.04 bits per heavy atom. The molecule has 1 aliphatic rings. The topological polar surface area (TPSA) is 81.0 Å². The van der Waals surface area contributed by atoms with Gasteiger partial charge in [-0.05, 0) is 36.8 Å². The molecule has 0 spiro atoms. The van der Waals surface area contributed by atoms with Crippen molar-refractivity contribution in [1.29, 1.82) is 0 Å². The van der Waals surface area contributed by atoms with Crippen LogP contribution in [0.3, 0.4) is 0 Å². The summed E-state index contributed by atoms with van der Waals surface area (Å²) in [5.41, 5.74) is 9.12. The lowest BCUT2D eigenvalue weighted by Crippen LogP contribution is -2.31. The molecule has 8 heteroatoms. The van der Waals surface area contributed by atoms with E-state index in [1.807, 2.05) is 67.9 Å². The average Bonchev–Trinajstić information content (AvgIpc) is 3.09. The molecule has 3 aromatic heterocycles. The summed E-state index contributed by atoms with van der Waals surface area (Å²) in [7, 11) is 3.51. The molecule has 4 rings (SSSR count). The standard InChI is InChI=1S/C20H21N7O/c1-14-4-5-17(11-22-14)20-18(26(2)25-24-20)13-27-9-7-16(12-23-27)15-6-8-21-19(10-15)28-3/h4-12,23H,13H2,1-3H3. The van der Waals surface area contributed by atoms with Crippen LogP contribution in [0, 0.1) is 6.92 Å². The highest BCUT2D eigenvalue weighted by molar-refractivity contribution is 5.74. The molecular weight excluding hydrogens is 354 g/mol. The van der Waals surface area contributed by atoms with Gasteiger partial charge in [0.05, 0.1) is 19.3 Å². The van der Waals surface area contributed by atoms with Crippen molar-refractivity contribution >= 4 is 5.57 Å². The predicted octanol–water partition coefficient (Wildman–Crippen LogP) is 2.46. The van der Waals surface area contributed by atoms with Gasteiger partial charge < -0.3 is 10.2 Å². The zero-order valence-corrected chi connectivity index (χ0v) is 16.0. The van der Waals surface area contributed by atoms with Crippen molar-refractivity contribution in [3.8, 4) is 17.1 Å². The monoisotopic (exact) mass is 375 g/mol. The Hall–Kier alpha value is -3.68. The third-order valence-electron chi connectivity index (χ3n) is 4.55. The predicted molar refractivity (Wildman–Crippen MR) is 106 cm³/mol. The van der Waals surface area contributed by atoms with E-state index in [2.05, 4.69) is 25.7 Å². The summed E-state index contributed by atoms with van der Waals surface area (Å²) in [6, 6.07) is 7.85. The van der Waals surface area contributed by atoms with E-state index < -0.39 is 0 Å². The average molecular weight is 375 g/mol. The summed E-state index contributed by atoms with van der Waals surface area (Å²) in [4.78, 5) is 8.51. The molecule has 142 valence electrons. The fourth-order valence-electron chi connectivity index (χ4n) is 2.94. The van der Waals surface area contributed by atoms with E-state index in [1.165, 1.54) is 0 Å². The van der Waals surface area contributed by atoms with Gasteiger partial charge in [0.2, 0.25) is 5.88 Å². The lowest BCUT2D eigenvalue weighted by Gasteiger charge is -2.24. The zero-order valence-electron chi connectivity index (χ0n) is 16.0. The molecule has 0 fully saturated rings. The number of ether oxygens (including phenoxy) is 1. The van der Waals surface area contributed by atoms with Crippen LogP contribution in [-0.4, -0.2) is 37.1 Å². The highest BCUT2D eigenvalue weighted by atomic mass is 16.5. The number of allylic oxidation sites excluding steroid dienone is 2. The Labute approximate surface area is 163 Å². The second kappa shape index (κ2) is 7.51. The van der Waals surface area contributed by atoms with Gasteiger partial charge >= 0.3 is 0 Å². The van der Waals surface area contributed by atoms with Gasteiger partial charge in [-0.3, -0.25) is 9.99 Å². The van der Waals surface area contributed by atoms with Gasteiger partial charge in [-0.15, -0.1) is 5.10 Å². The smallest absolute Gasteiger partial charge is 0.213 e. The first kappa shape index (κ1) is 17.7. The Morgan fingerprint density at radius 3 is 2.75 bits per heavy atom. The minimum Gasteiger partial charge on any atom is -0.481 e. The van der Waals surface area contributed by atoms with E-state index in [0.717, 1.165) is 33.8 Å². The van der Waals surface area contributed by atoms with E-state index in [1.54, 1.807) is 18.0 Å². The molecule has 28 heavy (non-hydrogen) atoms. The molecule has 8 nitrogen and oxygen atoms in total. The van der Waals surface area contributed by atoms with Crippen molar-refractivity contribution in [2.24, 2.45) is 7.05 Å². The number of aromatic nitrogens is 5. The van der Waals surface area contributed by atoms with E-state index in [9.17, 15) is 0 Å². The minimum absolute atomic E-state index is 0.589. The molecular formula is C20H21N7O. The molecule has 0 bridgehead atoms. The van der Waals surface area contributed by atoms with Crippen LogP contribution in [0.25, 0.3) is 16.8 Å². The second-order valence-corrected chi connectivity index (χ2v) is 6.46. The van der Waals surface area contributed by atoms with Crippen molar-refractivity contribution in [1.82, 2.24) is 35.4 Å². The molecule has 3 aromatic rings. The van der Waals surface area contributed by atoms with E-state index >= 15 is 0 Å². The number of hydrogen-bond donors (Lipinski definition) is 1. The number of rotatable bonds is 5. The van der Waals surface area contributed by atoms with Gasteiger partial charge in [-0.25, -0.2) is 9.67 Å². The molecule has 0 saturated carbocycles. The Bertz CT molecular complexity index is 1040. The van der Waals surface area contributed by atoms with Crippen molar-refractivity contribution in [2.75, 3.05) is 7.11 Å². The first-order valence-electron chi connectivity index (χ1n) is 8.87. The molecule has 0 saturated heterocycles. The number of aryl methyl sites for hydroxylation is 2. The summed E-state index contributed by atoms with van der Waals surface area (Å²) < 4.78 is 6.99. The number of hydrogen-bond acceptors (Lipinski definition) is 7. The van der Waals surface area contributed by atoms with Gasteiger partial charge in [0.1, 0.15) is 5.69 Å². The van der Waals surface area contributed by atoms with E-state index in [-0.39, 0.29) is 0 Å². The van der Waals surface area contributed by atoms with Gasteiger partial charge in [-0.2, -0.15) is 0 Å². The highest BCUT2D eigenvalue weighted by Gasteiger charge is 2.16. The fourth-order valence-corrected chi connectivity index (χ4v) is 2.94. The Kier molecular flexibility index (Phi) is 4.76. The number of nitrogens with zero attached hydrogens (tertiary/aromatic N) is 6. The summed E-state index contributed by atoms with van der Waals surface area (Å²) in [5.74, 6) is 0.589. The van der Waals surface area contributed by atoms with Crippen LogP contribution in [0.5, 0.6) is 5.88 Å². The molecule has 1 aliphatic heterocycles. The van der Waals surface area contributed by atoms with Crippen molar-refractivity contribution in [3.05, 3.63) is 72.1 Å². The molecule has 0 atom stereocenters. The van der Waals surface area contributed by atoms with Crippen LogP contribution >= 0.6 is 0 Å². The largest absolute Gasteiger partial charge is 0.481 e. The van der Waals surface area contributed by atoms with Crippen LogP contribution < -0.4 is 10.2 Å². The molecule has 4 heterocycles. The van der Waals surface area contributed by atoms with Crippen LogP contribution in [0.15, 0.2) is 55.1 Å². The van der Waals surface area contributed by atoms with Gasteiger partial charge in [0, 0.05) is 54.7 Å². The summed E-state index contributed by atoms with van der Waals surface area (Å²) in [5, 5.41) is 10.5. The lowest BCUT2D eigenvalue weighted by atomic mass is 10.1. The Balaban J connectivity index is 1.51. The van der Waals surface area contributed by atoms with Gasteiger partial charge in [0.25, 0.3) is 0 Å². The van der Waals surface area contributed by atoms with Gasteiger partial charge in [-0.1, -0.05) is 5.21 Å². The third kappa shape index (κ3) is 3.57. The van der Waals surface area contributed by atoms with Crippen molar-refractivity contribution in [2.45, 2.75) is 13.5 Å². The maximum absolute atomic E-state index is 5.20.